The zero-order valence-electron chi connectivity index (χ0n) is 13.4. The Hall–Kier alpha value is -2.13. The van der Waals surface area contributed by atoms with Crippen molar-refractivity contribution in [2.75, 3.05) is 13.1 Å². The van der Waals surface area contributed by atoms with Crippen LogP contribution in [-0.4, -0.2) is 46.2 Å². The van der Waals surface area contributed by atoms with Crippen LogP contribution in [0.5, 0.6) is 0 Å². The molecular weight excluding hydrogens is 329 g/mol. The summed E-state index contributed by atoms with van der Waals surface area (Å²) in [5.41, 5.74) is 0. The third kappa shape index (κ3) is 4.45. The lowest BCUT2D eigenvalue weighted by Gasteiger charge is -2.31. The molecule has 0 bridgehead atoms. The van der Waals surface area contributed by atoms with E-state index in [1.54, 1.807) is 0 Å². The van der Waals surface area contributed by atoms with Crippen LogP contribution in [0.1, 0.15) is 44.4 Å². The van der Waals surface area contributed by atoms with Gasteiger partial charge >= 0.3 is 12.1 Å². The summed E-state index contributed by atoms with van der Waals surface area (Å²) in [6.45, 7) is 3.68. The van der Waals surface area contributed by atoms with Crippen molar-refractivity contribution in [2.45, 2.75) is 45.3 Å². The first-order valence-electron chi connectivity index (χ1n) is 7.64. The number of hydrogen-bond donors (Lipinski definition) is 1. The van der Waals surface area contributed by atoms with Gasteiger partial charge in [0.05, 0.1) is 6.54 Å². The molecule has 1 fully saturated rings. The molecule has 2 heterocycles. The summed E-state index contributed by atoms with van der Waals surface area (Å²) in [7, 11) is 0. The summed E-state index contributed by atoms with van der Waals surface area (Å²) in [6.07, 6.45) is -4.50. The van der Waals surface area contributed by atoms with Crippen LogP contribution in [0.3, 0.4) is 0 Å². The van der Waals surface area contributed by atoms with E-state index >= 15 is 0 Å². The Morgan fingerprint density at radius 3 is 2.42 bits per heavy atom. The Bertz CT molecular complexity index is 592. The van der Waals surface area contributed by atoms with Gasteiger partial charge in [0.15, 0.2) is 0 Å². The Morgan fingerprint density at radius 2 is 1.92 bits per heavy atom. The Kier molecular flexibility index (Phi) is 5.45. The van der Waals surface area contributed by atoms with Gasteiger partial charge in [0.2, 0.25) is 17.7 Å². The fourth-order valence-electron chi connectivity index (χ4n) is 2.40. The minimum absolute atomic E-state index is 0.0697. The predicted molar refractivity (Wildman–Crippen MR) is 75.6 cm³/mol. The lowest BCUT2D eigenvalue weighted by Crippen LogP contribution is -2.47. The largest absolute Gasteiger partial charge is 0.471 e. The van der Waals surface area contributed by atoms with Gasteiger partial charge in [-0.1, -0.05) is 13.8 Å². The maximum atomic E-state index is 12.4. The van der Waals surface area contributed by atoms with Crippen LogP contribution in [0.25, 0.3) is 0 Å². The number of halogens is 3. The molecule has 24 heavy (non-hydrogen) atoms. The second-order valence-corrected chi connectivity index (χ2v) is 5.97. The van der Waals surface area contributed by atoms with Crippen molar-refractivity contribution in [1.82, 2.24) is 20.4 Å². The minimum atomic E-state index is -4.87. The van der Waals surface area contributed by atoms with Crippen molar-refractivity contribution in [3.8, 4) is 0 Å². The van der Waals surface area contributed by atoms with Crippen LogP contribution in [0.15, 0.2) is 4.42 Å². The average Bonchev–Trinajstić information content (AvgIpc) is 3.00. The van der Waals surface area contributed by atoms with E-state index in [4.69, 9.17) is 4.42 Å². The van der Waals surface area contributed by atoms with Gasteiger partial charge in [-0.3, -0.25) is 9.59 Å². The molecular formula is C14H19F3N4O3. The van der Waals surface area contributed by atoms with Crippen LogP contribution in [-0.2, 0) is 16.1 Å². The highest BCUT2D eigenvalue weighted by Gasteiger charge is 2.43. The maximum Gasteiger partial charge on any atom is 0.471 e. The van der Waals surface area contributed by atoms with E-state index in [-0.39, 0.29) is 50.2 Å². The molecule has 2 amide bonds. The fourth-order valence-corrected chi connectivity index (χ4v) is 2.40. The standard InChI is InChI=1S/C14H19F3N4O3/c1-8(2)12-20-19-10(24-12)7-18-11(22)9-3-5-21(6-4-9)13(23)14(15,16)17/h8-9H,3-7H2,1-2H3,(H,18,22). The Balaban J connectivity index is 1.79. The van der Waals surface area contributed by atoms with Crippen molar-refractivity contribution in [3.05, 3.63) is 11.8 Å². The number of nitrogens with zero attached hydrogens (tertiary/aromatic N) is 3. The molecule has 2 rings (SSSR count). The summed E-state index contributed by atoms with van der Waals surface area (Å²) in [4.78, 5) is 23.9. The van der Waals surface area contributed by atoms with Gasteiger partial charge in [-0.25, -0.2) is 0 Å². The lowest BCUT2D eigenvalue weighted by atomic mass is 9.96. The van der Waals surface area contributed by atoms with Crippen molar-refractivity contribution < 1.29 is 27.2 Å². The van der Waals surface area contributed by atoms with Crippen molar-refractivity contribution in [1.29, 1.82) is 0 Å². The van der Waals surface area contributed by atoms with Gasteiger partial charge in [0.25, 0.3) is 0 Å². The highest BCUT2D eigenvalue weighted by Crippen LogP contribution is 2.24. The highest BCUT2D eigenvalue weighted by atomic mass is 19.4. The van der Waals surface area contributed by atoms with Crippen molar-refractivity contribution in [3.63, 3.8) is 0 Å². The lowest BCUT2D eigenvalue weighted by molar-refractivity contribution is -0.186. The van der Waals surface area contributed by atoms with Gasteiger partial charge in [-0.2, -0.15) is 13.2 Å². The molecule has 0 spiro atoms. The first-order valence-corrected chi connectivity index (χ1v) is 7.64. The quantitative estimate of drug-likeness (QED) is 0.893. The molecule has 1 saturated heterocycles. The molecule has 0 unspecified atom stereocenters. The molecule has 10 heteroatoms. The Morgan fingerprint density at radius 1 is 1.29 bits per heavy atom. The van der Waals surface area contributed by atoms with Crippen LogP contribution >= 0.6 is 0 Å². The number of alkyl halides is 3. The number of likely N-dealkylation sites (tertiary alicyclic amines) is 1. The summed E-state index contributed by atoms with van der Waals surface area (Å²) in [6, 6.07) is 0. The molecule has 0 atom stereocenters. The van der Waals surface area contributed by atoms with Crippen LogP contribution in [0, 0.1) is 5.92 Å². The van der Waals surface area contributed by atoms with Crippen LogP contribution < -0.4 is 5.32 Å². The zero-order chi connectivity index (χ0) is 17.9. The Labute approximate surface area is 136 Å². The molecule has 1 aromatic rings. The normalized spacial score (nSPS) is 16.5. The second kappa shape index (κ2) is 7.18. The molecule has 7 nitrogen and oxygen atoms in total. The van der Waals surface area contributed by atoms with Crippen LogP contribution in [0.2, 0.25) is 0 Å². The summed E-state index contributed by atoms with van der Waals surface area (Å²) in [5.74, 6) is -1.76. The fraction of sp³-hybridized carbons (Fsp3) is 0.714. The number of amides is 2. The zero-order valence-corrected chi connectivity index (χ0v) is 13.4. The number of rotatable bonds is 4. The van der Waals surface area contributed by atoms with E-state index in [1.165, 1.54) is 0 Å². The summed E-state index contributed by atoms with van der Waals surface area (Å²) < 4.78 is 42.4. The third-order valence-corrected chi connectivity index (χ3v) is 3.79. The molecule has 1 aliphatic heterocycles. The molecule has 0 radical (unpaired) electrons. The van der Waals surface area contributed by atoms with E-state index in [1.807, 2.05) is 13.8 Å². The monoisotopic (exact) mass is 348 g/mol. The molecule has 134 valence electrons. The van der Waals surface area contributed by atoms with Gasteiger partial charge in [-0.05, 0) is 12.8 Å². The van der Waals surface area contributed by atoms with Crippen LogP contribution in [0.4, 0.5) is 13.2 Å². The predicted octanol–water partition coefficient (Wildman–Crippen LogP) is 1.61. The number of carbonyl (C=O) groups excluding carboxylic acids is 2. The van der Waals surface area contributed by atoms with E-state index in [9.17, 15) is 22.8 Å². The maximum absolute atomic E-state index is 12.4. The molecule has 0 aromatic carbocycles. The van der Waals surface area contributed by atoms with Gasteiger partial charge in [-0.15, -0.1) is 10.2 Å². The topological polar surface area (TPSA) is 88.3 Å². The van der Waals surface area contributed by atoms with E-state index in [2.05, 4.69) is 15.5 Å². The van der Waals surface area contributed by atoms with E-state index in [0.29, 0.717) is 5.89 Å². The number of carbonyl (C=O) groups is 2. The highest BCUT2D eigenvalue weighted by molar-refractivity contribution is 5.83. The SMILES string of the molecule is CC(C)c1nnc(CNC(=O)C2CCN(C(=O)C(F)(F)F)CC2)o1. The van der Waals surface area contributed by atoms with Crippen molar-refractivity contribution in [2.24, 2.45) is 5.92 Å². The number of aromatic nitrogens is 2. The molecule has 0 saturated carbocycles. The molecule has 1 N–H and O–H groups in total. The minimum Gasteiger partial charge on any atom is -0.423 e. The smallest absolute Gasteiger partial charge is 0.423 e. The first kappa shape index (κ1) is 18.2. The third-order valence-electron chi connectivity index (χ3n) is 3.79. The van der Waals surface area contributed by atoms with Crippen molar-refractivity contribution >= 4 is 11.8 Å². The summed E-state index contributed by atoms with van der Waals surface area (Å²) >= 11 is 0. The van der Waals surface area contributed by atoms with Gasteiger partial charge in [0.1, 0.15) is 0 Å². The first-order chi connectivity index (χ1) is 11.2. The number of nitrogens with one attached hydrogen (secondary N) is 1. The molecule has 1 aromatic heterocycles. The second-order valence-electron chi connectivity index (χ2n) is 5.97. The molecule has 1 aliphatic rings. The summed E-state index contributed by atoms with van der Waals surface area (Å²) in [5, 5.41) is 10.3. The average molecular weight is 348 g/mol. The van der Waals surface area contributed by atoms with Gasteiger partial charge in [0, 0.05) is 24.9 Å². The number of hydrogen-bond acceptors (Lipinski definition) is 5. The molecule has 0 aliphatic carbocycles. The van der Waals surface area contributed by atoms with E-state index < -0.39 is 18.0 Å². The van der Waals surface area contributed by atoms with Gasteiger partial charge < -0.3 is 14.6 Å². The van der Waals surface area contributed by atoms with E-state index in [0.717, 1.165) is 4.90 Å². The number of piperidine rings is 1.